The van der Waals surface area contributed by atoms with Gasteiger partial charge in [0.1, 0.15) is 5.69 Å². The van der Waals surface area contributed by atoms with E-state index in [4.69, 9.17) is 15.9 Å². The van der Waals surface area contributed by atoms with Crippen molar-refractivity contribution >= 4 is 33.0 Å². The average Bonchev–Trinajstić information content (AvgIpc) is 2.37. The number of pyridine rings is 1. The van der Waals surface area contributed by atoms with Crippen molar-refractivity contribution in [2.24, 2.45) is 10.8 Å². The van der Waals surface area contributed by atoms with Crippen molar-refractivity contribution in [1.82, 2.24) is 4.98 Å². The summed E-state index contributed by atoms with van der Waals surface area (Å²) in [6.45, 7) is 1.50. The molecule has 0 amide bonds. The van der Waals surface area contributed by atoms with Crippen molar-refractivity contribution in [2.45, 2.75) is 13.5 Å². The number of aliphatic hydroxyl groups excluding tert-OH is 1. The maximum absolute atomic E-state index is 9.08. The van der Waals surface area contributed by atoms with E-state index in [2.05, 4.69) is 37.1 Å². The van der Waals surface area contributed by atoms with Crippen LogP contribution < -0.4 is 5.73 Å². The molecule has 0 aliphatic rings. The topological polar surface area (TPSA) is 108 Å². The number of nitrogens with two attached hydrogens (primary N) is 1. The Bertz CT molecular complexity index is 445. The van der Waals surface area contributed by atoms with Crippen LogP contribution in [0.1, 0.15) is 16.8 Å². The molecule has 1 heterocycles. The summed E-state index contributed by atoms with van der Waals surface area (Å²) >= 11 is 5.36. The van der Waals surface area contributed by atoms with Gasteiger partial charge in [-0.05, 0) is 6.92 Å². The fraction of sp³-hybridized carbons (Fsp3) is 0.222. The van der Waals surface area contributed by atoms with E-state index in [9.17, 15) is 0 Å². The van der Waals surface area contributed by atoms with Crippen molar-refractivity contribution < 1.29 is 29.0 Å². The maximum atomic E-state index is 9.08. The zero-order valence-electron chi connectivity index (χ0n) is 9.37. The Morgan fingerprint density at radius 2 is 2.39 bits per heavy atom. The second-order valence-electron chi connectivity index (χ2n) is 3.02. The Balaban J connectivity index is 0.00000137. The molecule has 0 spiro atoms. The van der Waals surface area contributed by atoms with Gasteiger partial charge < -0.3 is 20.7 Å². The van der Waals surface area contributed by atoms with Gasteiger partial charge in [-0.15, -0.1) is 0 Å². The molecule has 0 aliphatic heterocycles. The summed E-state index contributed by atoms with van der Waals surface area (Å²) in [4.78, 5) is 3.97. The first kappa shape index (κ1) is 17.4. The molecular formula is C9H13ClN4O2PtS+2. The molecular weight excluding hydrogens is 459 g/mol. The third-order valence-corrected chi connectivity index (χ3v) is 2.00. The number of aliphatic hydroxyl groups is 1. The van der Waals surface area contributed by atoms with Crippen LogP contribution in [-0.2, 0) is 37.6 Å². The molecule has 6 nitrogen and oxygen atoms in total. The molecule has 0 saturated heterocycles. The summed E-state index contributed by atoms with van der Waals surface area (Å²) in [6.07, 6.45) is 2.86. The predicted octanol–water partition coefficient (Wildman–Crippen LogP) is 0.0401. The van der Waals surface area contributed by atoms with E-state index in [-0.39, 0.29) is 17.5 Å². The van der Waals surface area contributed by atoms with Gasteiger partial charge in [0.15, 0.2) is 17.3 Å². The average molecular weight is 472 g/mol. The van der Waals surface area contributed by atoms with Crippen LogP contribution in [0.25, 0.3) is 5.43 Å². The van der Waals surface area contributed by atoms with E-state index in [1.54, 1.807) is 25.7 Å². The fourth-order valence-electron chi connectivity index (χ4n) is 1.08. The fourth-order valence-corrected chi connectivity index (χ4v) is 1.14. The van der Waals surface area contributed by atoms with Crippen LogP contribution in [0.2, 0.25) is 0 Å². The normalized spacial score (nSPS) is 9.89. The van der Waals surface area contributed by atoms with Gasteiger partial charge in [0.25, 0.3) is 5.75 Å². The molecule has 18 heavy (non-hydrogen) atoms. The van der Waals surface area contributed by atoms with Crippen molar-refractivity contribution in [3.63, 3.8) is 0 Å². The van der Waals surface area contributed by atoms with Gasteiger partial charge in [0, 0.05) is 18.0 Å². The predicted molar refractivity (Wildman–Crippen MR) is 72.7 cm³/mol. The molecule has 0 bridgehead atoms. The van der Waals surface area contributed by atoms with Crippen LogP contribution in [0.15, 0.2) is 11.3 Å². The summed E-state index contributed by atoms with van der Waals surface area (Å²) in [7, 11) is 4.61. The number of nitrogens with zero attached hydrogens (tertiary/aromatic N) is 3. The van der Waals surface area contributed by atoms with Gasteiger partial charge in [-0.2, -0.15) is 0 Å². The Labute approximate surface area is 125 Å². The zero-order valence-corrected chi connectivity index (χ0v) is 13.3. The number of aromatic nitrogens is 1. The number of rotatable bonds is 3. The third-order valence-electron chi connectivity index (χ3n) is 1.91. The second kappa shape index (κ2) is 9.35. The number of aryl methyl sites for hydroxylation is 1. The molecule has 0 radical (unpaired) electrons. The summed E-state index contributed by atoms with van der Waals surface area (Å²) in [5.41, 5.74) is 10.3. The van der Waals surface area contributed by atoms with Crippen LogP contribution >= 0.6 is 9.42 Å². The second-order valence-corrected chi connectivity index (χ2v) is 3.48. The summed E-state index contributed by atoms with van der Waals surface area (Å²) in [5, 5.41) is 20.5. The van der Waals surface area contributed by atoms with Gasteiger partial charge in [-0.25, -0.2) is 0 Å². The Morgan fingerprint density at radius 3 is 2.89 bits per heavy atom. The first-order chi connectivity index (χ1) is 8.56. The molecule has 0 fully saturated rings. The first-order valence-corrected chi connectivity index (χ1v) is 7.81. The molecule has 1 aromatic rings. The van der Waals surface area contributed by atoms with Crippen LogP contribution in [0.3, 0.4) is 0 Å². The summed E-state index contributed by atoms with van der Waals surface area (Å²) < 4.78 is 0. The molecule has 5 N–H and O–H groups in total. The number of hydrogen-bond acceptors (Lipinski definition) is 3. The number of hydrogen-bond donors (Lipinski definition) is 2. The van der Waals surface area contributed by atoms with Gasteiger partial charge >= 0.3 is 28.2 Å². The van der Waals surface area contributed by atoms with Crippen molar-refractivity contribution in [1.29, 1.82) is 0 Å². The van der Waals surface area contributed by atoms with Gasteiger partial charge in [-0.3, -0.25) is 10.7 Å². The van der Waals surface area contributed by atoms with E-state index in [1.165, 1.54) is 12.4 Å². The van der Waals surface area contributed by atoms with E-state index in [0.29, 0.717) is 16.8 Å². The first-order valence-electron chi connectivity index (χ1n) is 4.54. The monoisotopic (exact) mass is 471 g/mol. The molecule has 0 unspecified atom stereocenters. The van der Waals surface area contributed by atoms with E-state index in [1.807, 2.05) is 0 Å². The Morgan fingerprint density at radius 1 is 1.78 bits per heavy atom. The van der Waals surface area contributed by atoms with Crippen LogP contribution in [-0.4, -0.2) is 26.5 Å². The van der Waals surface area contributed by atoms with Gasteiger partial charge in [0.05, 0.1) is 12.2 Å². The number of thiol groups is 1. The van der Waals surface area contributed by atoms with Crippen LogP contribution in [0, 0.1) is 6.92 Å². The molecule has 102 valence electrons. The van der Waals surface area contributed by atoms with Crippen molar-refractivity contribution in [3.8, 4) is 5.75 Å². The van der Waals surface area contributed by atoms with Crippen LogP contribution in [0.5, 0.6) is 5.75 Å². The standard InChI is InChI=1S/C9H12N4O2S.ClH.Pt/c1-5-8(15)7(3-12-13-9(10)16)6(4-14)2-11-5;;/h2-3,14H,4H2,1H3,(H4,10,11,12,13,15,16);1H;/q;;+2. The Kier molecular flexibility index (Phi) is 9.05. The molecule has 0 atom stereocenters. The molecule has 9 heteroatoms. The Hall–Kier alpha value is -0.592. The summed E-state index contributed by atoms with van der Waals surface area (Å²) in [6, 6.07) is 0. The molecule has 1 aromatic heterocycles. The summed E-state index contributed by atoms with van der Waals surface area (Å²) in [5.74, 6) is 0.211. The van der Waals surface area contributed by atoms with E-state index in [0.717, 1.165) is 0 Å². The van der Waals surface area contributed by atoms with Gasteiger partial charge in [-0.1, -0.05) is 0 Å². The SMILES string of the molecule is Cc1ncc(CO)c(C=N[N-]C(N)=[SH+])c1[OH2+].[Cl][Pt+]. The quantitative estimate of drug-likeness (QED) is 0.214. The molecule has 0 saturated carbocycles. The van der Waals surface area contributed by atoms with Crippen molar-refractivity contribution in [3.05, 3.63) is 28.4 Å². The van der Waals surface area contributed by atoms with Crippen LogP contribution in [0.4, 0.5) is 0 Å². The minimum atomic E-state index is -0.208. The number of halogens is 1. The van der Waals surface area contributed by atoms with Gasteiger partial charge in [0.2, 0.25) is 0 Å². The molecule has 0 aromatic carbocycles. The minimum absolute atomic E-state index is 0.0270. The molecule has 0 aliphatic carbocycles. The van der Waals surface area contributed by atoms with E-state index >= 15 is 0 Å². The zero-order chi connectivity index (χ0) is 14.1. The third kappa shape index (κ3) is 5.37. The van der Waals surface area contributed by atoms with Crippen molar-refractivity contribution in [2.75, 3.05) is 0 Å². The van der Waals surface area contributed by atoms with E-state index < -0.39 is 0 Å². The molecule has 1 rings (SSSR count).